The summed E-state index contributed by atoms with van der Waals surface area (Å²) in [6.45, 7) is 6.17. The summed E-state index contributed by atoms with van der Waals surface area (Å²) in [5.41, 5.74) is 2.95. The molecule has 0 saturated carbocycles. The monoisotopic (exact) mass is 509 g/mol. The van der Waals surface area contributed by atoms with E-state index < -0.39 is 29.8 Å². The Morgan fingerprint density at radius 3 is 2.65 bits per heavy atom. The Morgan fingerprint density at radius 2 is 1.95 bits per heavy atom. The molecule has 2 amide bonds. The number of nitrogens with zero attached hydrogens (tertiary/aromatic N) is 1. The van der Waals surface area contributed by atoms with Gasteiger partial charge < -0.3 is 25.2 Å². The number of anilines is 1. The number of hydrogen-bond donors (Lipinski definition) is 3. The smallest absolute Gasteiger partial charge is 0.411 e. The van der Waals surface area contributed by atoms with Crippen LogP contribution in [-0.2, 0) is 14.3 Å². The van der Waals surface area contributed by atoms with Crippen molar-refractivity contribution in [1.82, 2.24) is 10.2 Å². The maximum atomic E-state index is 12.7. The highest BCUT2D eigenvalue weighted by molar-refractivity contribution is 6.05. The third kappa shape index (κ3) is 6.05. The van der Waals surface area contributed by atoms with E-state index in [1.54, 1.807) is 20.8 Å². The number of carbonyl (C=O) groups excluding carboxylic acids is 2. The largest absolute Gasteiger partial charge is 0.488 e. The first-order valence-corrected chi connectivity index (χ1v) is 12.7. The van der Waals surface area contributed by atoms with Crippen LogP contribution >= 0.6 is 0 Å². The van der Waals surface area contributed by atoms with Gasteiger partial charge in [0.15, 0.2) is 0 Å². The van der Waals surface area contributed by atoms with Gasteiger partial charge in [0.05, 0.1) is 12.5 Å². The van der Waals surface area contributed by atoms with Crippen LogP contribution in [0.3, 0.4) is 0 Å². The van der Waals surface area contributed by atoms with E-state index >= 15 is 0 Å². The third-order valence-electron chi connectivity index (χ3n) is 6.57. The number of hydrogen-bond acceptors (Lipinski definition) is 6. The summed E-state index contributed by atoms with van der Waals surface area (Å²) < 4.78 is 11.6. The summed E-state index contributed by atoms with van der Waals surface area (Å²) in [5.74, 6) is -0.733. The quantitative estimate of drug-likeness (QED) is 0.456. The molecule has 2 aliphatic rings. The fourth-order valence-electron chi connectivity index (χ4n) is 4.98. The molecule has 1 saturated heterocycles. The molecule has 9 heteroatoms. The lowest BCUT2D eigenvalue weighted by atomic mass is 9.88. The van der Waals surface area contributed by atoms with Crippen LogP contribution in [0.25, 0.3) is 11.1 Å². The lowest BCUT2D eigenvalue weighted by molar-refractivity contribution is -0.142. The molecule has 0 bridgehead atoms. The Bertz CT molecular complexity index is 1170. The van der Waals surface area contributed by atoms with E-state index in [9.17, 15) is 19.5 Å². The van der Waals surface area contributed by atoms with Crippen molar-refractivity contribution in [3.05, 3.63) is 48.0 Å². The van der Waals surface area contributed by atoms with Gasteiger partial charge in [0.1, 0.15) is 23.5 Å². The average molecular weight is 510 g/mol. The van der Waals surface area contributed by atoms with Crippen molar-refractivity contribution in [2.75, 3.05) is 25.5 Å². The molecule has 1 unspecified atom stereocenters. The molecule has 0 aromatic heterocycles. The standard InChI is InChI=1S/C28H35N3O6/c1-28(2,3)37-27(35)31-16-19(15-23(31)26(33)34)36-18-9-5-8-17(14-18)20-10-6-12-22-24(20)21(25(32)30-22)11-7-13-29-4/h5-6,8-10,12,14,19,21,23,29H,7,11,13,15-16H2,1-4H3,(H,30,32)(H,33,34)/t19-,21?,23-/m0/s1. The molecule has 2 heterocycles. The Balaban J connectivity index is 1.54. The van der Waals surface area contributed by atoms with Crippen molar-refractivity contribution < 1.29 is 29.0 Å². The van der Waals surface area contributed by atoms with E-state index in [1.165, 1.54) is 4.90 Å². The van der Waals surface area contributed by atoms with E-state index in [-0.39, 0.29) is 24.8 Å². The highest BCUT2D eigenvalue weighted by atomic mass is 16.6. The van der Waals surface area contributed by atoms with E-state index in [0.717, 1.165) is 41.8 Å². The molecule has 3 atom stereocenters. The van der Waals surface area contributed by atoms with Crippen LogP contribution in [0.5, 0.6) is 5.75 Å². The molecular formula is C28H35N3O6. The predicted octanol–water partition coefficient (Wildman–Crippen LogP) is 4.23. The zero-order chi connectivity index (χ0) is 26.7. The van der Waals surface area contributed by atoms with Crippen molar-refractivity contribution in [3.63, 3.8) is 0 Å². The number of nitrogens with one attached hydrogen (secondary N) is 2. The molecule has 0 spiro atoms. The SMILES string of the molecule is CNCCCC1C(=O)Nc2cccc(-c3cccc(O[C@H]4C[C@@H](C(=O)O)N(C(=O)OC(C)(C)C)C4)c3)c21. The molecule has 2 aromatic rings. The Kier molecular flexibility index (Phi) is 7.73. The van der Waals surface area contributed by atoms with E-state index in [2.05, 4.69) is 10.6 Å². The molecule has 4 rings (SSSR count). The average Bonchev–Trinajstić information content (AvgIpc) is 3.39. The van der Waals surface area contributed by atoms with Crippen LogP contribution in [0.2, 0.25) is 0 Å². The number of benzene rings is 2. The van der Waals surface area contributed by atoms with Crippen LogP contribution < -0.4 is 15.4 Å². The number of carbonyl (C=O) groups is 3. The van der Waals surface area contributed by atoms with Crippen LogP contribution in [0.1, 0.15) is 51.5 Å². The molecule has 198 valence electrons. The predicted molar refractivity (Wildman–Crippen MR) is 140 cm³/mol. The summed E-state index contributed by atoms with van der Waals surface area (Å²) in [4.78, 5) is 38.4. The number of carboxylic acids is 1. The van der Waals surface area contributed by atoms with Gasteiger partial charge in [-0.2, -0.15) is 0 Å². The third-order valence-corrected chi connectivity index (χ3v) is 6.57. The highest BCUT2D eigenvalue weighted by Crippen LogP contribution is 2.42. The Hall–Kier alpha value is -3.59. The summed E-state index contributed by atoms with van der Waals surface area (Å²) >= 11 is 0. The van der Waals surface area contributed by atoms with Gasteiger partial charge in [0.2, 0.25) is 5.91 Å². The molecule has 0 aliphatic carbocycles. The zero-order valence-corrected chi connectivity index (χ0v) is 21.7. The summed E-state index contributed by atoms with van der Waals surface area (Å²) in [7, 11) is 1.90. The minimum atomic E-state index is -1.09. The van der Waals surface area contributed by atoms with Crippen molar-refractivity contribution in [3.8, 4) is 16.9 Å². The normalized spacial score (nSPS) is 20.9. The molecule has 2 aliphatic heterocycles. The highest BCUT2D eigenvalue weighted by Gasteiger charge is 2.42. The van der Waals surface area contributed by atoms with Gasteiger partial charge in [-0.15, -0.1) is 0 Å². The first kappa shape index (κ1) is 26.5. The molecular weight excluding hydrogens is 474 g/mol. The number of aliphatic carboxylic acids is 1. The van der Waals surface area contributed by atoms with E-state index in [1.807, 2.05) is 49.5 Å². The summed E-state index contributed by atoms with van der Waals surface area (Å²) in [6, 6.07) is 12.4. The fraction of sp³-hybridized carbons (Fsp3) is 0.464. The molecule has 3 N–H and O–H groups in total. The van der Waals surface area contributed by atoms with Crippen LogP contribution in [0, 0.1) is 0 Å². The molecule has 0 radical (unpaired) electrons. The molecule has 9 nitrogen and oxygen atoms in total. The van der Waals surface area contributed by atoms with Gasteiger partial charge in [-0.05, 0) is 82.1 Å². The second-order valence-electron chi connectivity index (χ2n) is 10.5. The van der Waals surface area contributed by atoms with Crippen molar-refractivity contribution >= 4 is 23.7 Å². The first-order chi connectivity index (χ1) is 17.6. The minimum absolute atomic E-state index is 0.0128. The lowest BCUT2D eigenvalue weighted by Crippen LogP contribution is -2.43. The first-order valence-electron chi connectivity index (χ1n) is 12.7. The second-order valence-corrected chi connectivity index (χ2v) is 10.5. The fourth-order valence-corrected chi connectivity index (χ4v) is 4.98. The second kappa shape index (κ2) is 10.8. The number of ether oxygens (including phenoxy) is 2. The number of rotatable bonds is 8. The van der Waals surface area contributed by atoms with Gasteiger partial charge in [-0.25, -0.2) is 9.59 Å². The van der Waals surface area contributed by atoms with E-state index in [4.69, 9.17) is 9.47 Å². The molecule has 37 heavy (non-hydrogen) atoms. The van der Waals surface area contributed by atoms with Gasteiger partial charge in [-0.1, -0.05) is 24.3 Å². The Labute approximate surface area is 217 Å². The lowest BCUT2D eigenvalue weighted by Gasteiger charge is -2.26. The maximum Gasteiger partial charge on any atom is 0.411 e. The molecule has 2 aromatic carbocycles. The van der Waals surface area contributed by atoms with Crippen molar-refractivity contribution in [1.29, 1.82) is 0 Å². The Morgan fingerprint density at radius 1 is 1.19 bits per heavy atom. The van der Waals surface area contributed by atoms with E-state index in [0.29, 0.717) is 5.75 Å². The van der Waals surface area contributed by atoms with Gasteiger partial charge in [0, 0.05) is 12.1 Å². The maximum absolute atomic E-state index is 12.7. The van der Waals surface area contributed by atoms with Gasteiger partial charge in [-0.3, -0.25) is 9.69 Å². The zero-order valence-electron chi connectivity index (χ0n) is 21.7. The van der Waals surface area contributed by atoms with Crippen LogP contribution in [0.4, 0.5) is 10.5 Å². The van der Waals surface area contributed by atoms with Crippen LogP contribution in [0.15, 0.2) is 42.5 Å². The van der Waals surface area contributed by atoms with Crippen molar-refractivity contribution in [2.45, 2.75) is 63.7 Å². The van der Waals surface area contributed by atoms with Crippen LogP contribution in [-0.4, -0.2) is 65.9 Å². The van der Waals surface area contributed by atoms with Crippen molar-refractivity contribution in [2.24, 2.45) is 0 Å². The molecule has 1 fully saturated rings. The topological polar surface area (TPSA) is 117 Å². The van der Waals surface area contributed by atoms with Gasteiger partial charge >= 0.3 is 12.1 Å². The number of fused-ring (bicyclic) bond motifs is 1. The number of likely N-dealkylation sites (tertiary alicyclic amines) is 1. The minimum Gasteiger partial charge on any atom is -0.488 e. The van der Waals surface area contributed by atoms with Gasteiger partial charge in [0.25, 0.3) is 0 Å². The summed E-state index contributed by atoms with van der Waals surface area (Å²) in [5, 5.41) is 15.8. The number of carboxylic acid groups (broad SMARTS) is 1. The summed E-state index contributed by atoms with van der Waals surface area (Å²) in [6.07, 6.45) is 0.618. The number of amides is 2.